The second-order valence-electron chi connectivity index (χ2n) is 13.8. The monoisotopic (exact) mass is 708 g/mol. The average Bonchev–Trinajstić information content (AvgIpc) is 3.70. The summed E-state index contributed by atoms with van der Waals surface area (Å²) >= 11 is 0. The van der Waals surface area contributed by atoms with Crippen LogP contribution in [0.3, 0.4) is 0 Å². The molecule has 8 aromatic rings. The van der Waals surface area contributed by atoms with Crippen LogP contribution >= 0.6 is 0 Å². The summed E-state index contributed by atoms with van der Waals surface area (Å²) in [5.41, 5.74) is 10.9. The Morgan fingerprint density at radius 1 is 0.556 bits per heavy atom. The highest BCUT2D eigenvalue weighted by Crippen LogP contribution is 2.36. The van der Waals surface area contributed by atoms with E-state index in [9.17, 15) is 9.59 Å². The van der Waals surface area contributed by atoms with Crippen LogP contribution in [0.15, 0.2) is 158 Å². The highest BCUT2D eigenvalue weighted by Gasteiger charge is 2.16. The quantitative estimate of drug-likeness (QED) is 0.0936. The number of Topliss-reactive ketones (excluding diaryl/α,β-unsaturated/α-hetero) is 1. The normalized spacial score (nSPS) is 11.4. The number of carbonyl (C=O) groups is 2. The number of rotatable bonds is 12. The van der Waals surface area contributed by atoms with Gasteiger partial charge in [-0.05, 0) is 103 Å². The molecule has 0 N–H and O–H groups in total. The molecule has 0 amide bonds. The minimum atomic E-state index is -0.359. The van der Waals surface area contributed by atoms with Gasteiger partial charge in [0.2, 0.25) is 0 Å². The Morgan fingerprint density at radius 2 is 1.07 bits per heavy atom. The minimum Gasteiger partial charge on any atom is -0.493 e. The summed E-state index contributed by atoms with van der Waals surface area (Å²) in [5, 5.41) is 4.58. The third-order valence-electron chi connectivity index (χ3n) is 10.0. The lowest BCUT2D eigenvalue weighted by molar-refractivity contribution is -0.138. The molecule has 0 aliphatic carbocycles. The van der Waals surface area contributed by atoms with Crippen LogP contribution in [-0.2, 0) is 20.7 Å². The molecule has 0 saturated carbocycles. The number of carbonyl (C=O) groups excluding carboxylic acids is 2. The number of fused-ring (bicyclic) bond motifs is 6. The summed E-state index contributed by atoms with van der Waals surface area (Å²) < 4.78 is 15.9. The highest BCUT2D eigenvalue weighted by molar-refractivity contribution is 6.10. The van der Waals surface area contributed by atoms with Crippen molar-refractivity contribution >= 4 is 55.4 Å². The van der Waals surface area contributed by atoms with Crippen molar-refractivity contribution in [1.82, 2.24) is 9.13 Å². The summed E-state index contributed by atoms with van der Waals surface area (Å²) in [6, 6.07) is 46.9. The van der Waals surface area contributed by atoms with Gasteiger partial charge >= 0.3 is 5.97 Å². The van der Waals surface area contributed by atoms with Gasteiger partial charge < -0.3 is 18.6 Å². The number of benzene rings is 6. The second-order valence-corrected chi connectivity index (χ2v) is 13.8. The van der Waals surface area contributed by atoms with Crippen molar-refractivity contribution in [2.45, 2.75) is 26.7 Å². The van der Waals surface area contributed by atoms with Crippen LogP contribution in [0.1, 0.15) is 25.8 Å². The topological polar surface area (TPSA) is 62.5 Å². The van der Waals surface area contributed by atoms with Crippen molar-refractivity contribution < 1.29 is 19.1 Å². The molecule has 2 aromatic heterocycles. The van der Waals surface area contributed by atoms with Gasteiger partial charge in [-0.25, -0.2) is 4.79 Å². The van der Waals surface area contributed by atoms with Gasteiger partial charge in [0, 0.05) is 51.3 Å². The number of hydrogen-bond acceptors (Lipinski definition) is 4. The summed E-state index contributed by atoms with van der Waals surface area (Å²) in [5.74, 6) is 0.397. The van der Waals surface area contributed by atoms with Crippen molar-refractivity contribution in [3.8, 4) is 28.3 Å². The van der Waals surface area contributed by atoms with E-state index in [-0.39, 0.29) is 11.8 Å². The molecule has 8 rings (SSSR count). The van der Waals surface area contributed by atoms with Crippen molar-refractivity contribution in [2.75, 3.05) is 13.2 Å². The smallest absolute Gasteiger partial charge is 0.333 e. The molecule has 266 valence electrons. The lowest BCUT2D eigenvalue weighted by Gasteiger charge is -2.11. The molecule has 6 heteroatoms. The molecule has 0 unspecified atom stereocenters. The van der Waals surface area contributed by atoms with Crippen LogP contribution in [-0.4, -0.2) is 34.1 Å². The maximum Gasteiger partial charge on any atom is 0.333 e. The third-order valence-corrected chi connectivity index (χ3v) is 10.0. The standard InChI is InChI=1S/C48H40N2O4/c1-31(2)47(51)26-28-53-38-22-24-46-42(30-38)40-10-6-8-12-44(40)50(46)37-20-16-35(17-21-37)34-14-18-36(19-15-34)49-43-11-7-5-9-39(43)41-29-33(13-23-45(41)49)25-27-54-48(52)32(3)4/h5-24,29-30H,1,3,25-28H2,2,4H3. The molecule has 2 heterocycles. The number of esters is 1. The van der Waals surface area contributed by atoms with Gasteiger partial charge in [0.05, 0.1) is 35.3 Å². The zero-order valence-corrected chi connectivity index (χ0v) is 30.5. The second kappa shape index (κ2) is 14.4. The first-order valence-electron chi connectivity index (χ1n) is 18.2. The molecule has 0 aliphatic rings. The van der Waals surface area contributed by atoms with Crippen LogP contribution in [0, 0.1) is 0 Å². The molecule has 54 heavy (non-hydrogen) atoms. The van der Waals surface area contributed by atoms with E-state index in [0.717, 1.165) is 72.0 Å². The van der Waals surface area contributed by atoms with Crippen LogP contribution in [0.4, 0.5) is 0 Å². The predicted octanol–water partition coefficient (Wildman–Crippen LogP) is 11.1. The SMILES string of the molecule is C=C(C)C(=O)CCOc1ccc2c(c1)c1ccccc1n2-c1ccc(-c2ccc(-n3c4ccccc4c4cc(CCOC(=O)C(=C)C)ccc43)cc2)cc1. The van der Waals surface area contributed by atoms with E-state index in [1.807, 2.05) is 6.07 Å². The lowest BCUT2D eigenvalue weighted by Crippen LogP contribution is -2.07. The first-order valence-corrected chi connectivity index (χ1v) is 18.2. The fraction of sp³-hybridized carbons (Fsp3) is 0.125. The fourth-order valence-electron chi connectivity index (χ4n) is 7.24. The zero-order chi connectivity index (χ0) is 37.3. The molecular formula is C48H40N2O4. The number of ether oxygens (including phenoxy) is 2. The number of nitrogens with zero attached hydrogens (tertiary/aromatic N) is 2. The molecule has 0 bridgehead atoms. The van der Waals surface area contributed by atoms with Crippen LogP contribution in [0.2, 0.25) is 0 Å². The van der Waals surface area contributed by atoms with E-state index >= 15 is 0 Å². The van der Waals surface area contributed by atoms with E-state index in [4.69, 9.17) is 9.47 Å². The first-order chi connectivity index (χ1) is 26.3. The predicted molar refractivity (Wildman–Crippen MR) is 220 cm³/mol. The average molecular weight is 709 g/mol. The van der Waals surface area contributed by atoms with Gasteiger partial charge in [-0.15, -0.1) is 0 Å². The Hall–Kier alpha value is -6.66. The minimum absolute atomic E-state index is 0.0169. The largest absolute Gasteiger partial charge is 0.493 e. The first kappa shape index (κ1) is 34.4. The van der Waals surface area contributed by atoms with E-state index in [2.05, 4.69) is 150 Å². The number of allylic oxidation sites excluding steroid dienone is 1. The van der Waals surface area contributed by atoms with Crippen molar-refractivity contribution in [1.29, 1.82) is 0 Å². The van der Waals surface area contributed by atoms with Gasteiger partial charge in [-0.1, -0.05) is 79.9 Å². The van der Waals surface area contributed by atoms with E-state index in [0.29, 0.717) is 37.2 Å². The van der Waals surface area contributed by atoms with Gasteiger partial charge in [0.1, 0.15) is 5.75 Å². The maximum atomic E-state index is 12.0. The van der Waals surface area contributed by atoms with Gasteiger partial charge in [-0.3, -0.25) is 4.79 Å². The Bertz CT molecular complexity index is 2560. The fourth-order valence-corrected chi connectivity index (χ4v) is 7.24. The molecule has 6 aromatic carbocycles. The highest BCUT2D eigenvalue weighted by atomic mass is 16.5. The molecular weight excluding hydrogens is 669 g/mol. The molecule has 0 radical (unpaired) electrons. The van der Waals surface area contributed by atoms with Crippen LogP contribution < -0.4 is 4.74 Å². The van der Waals surface area contributed by atoms with Crippen LogP contribution in [0.25, 0.3) is 66.1 Å². The van der Waals surface area contributed by atoms with E-state index in [1.165, 1.54) is 5.39 Å². The number of hydrogen-bond donors (Lipinski definition) is 0. The van der Waals surface area contributed by atoms with Gasteiger partial charge in [0.15, 0.2) is 5.78 Å². The number of para-hydroxylation sites is 2. The summed E-state index contributed by atoms with van der Waals surface area (Å²) in [6.07, 6.45) is 0.944. The number of ketones is 1. The Balaban J connectivity index is 1.06. The molecule has 0 aliphatic heterocycles. The molecule has 6 nitrogen and oxygen atoms in total. The summed E-state index contributed by atoms with van der Waals surface area (Å²) in [6.45, 7) is 11.4. The third kappa shape index (κ3) is 6.47. The Morgan fingerprint density at radius 3 is 1.63 bits per heavy atom. The number of aromatic nitrogens is 2. The van der Waals surface area contributed by atoms with Gasteiger partial charge in [-0.2, -0.15) is 0 Å². The molecule has 0 saturated heterocycles. The molecule has 0 fully saturated rings. The van der Waals surface area contributed by atoms with E-state index < -0.39 is 0 Å². The van der Waals surface area contributed by atoms with Crippen molar-refractivity contribution in [3.05, 3.63) is 163 Å². The summed E-state index contributed by atoms with van der Waals surface area (Å²) in [4.78, 5) is 23.9. The van der Waals surface area contributed by atoms with Crippen LogP contribution in [0.5, 0.6) is 5.75 Å². The van der Waals surface area contributed by atoms with Crippen molar-refractivity contribution in [2.24, 2.45) is 0 Å². The van der Waals surface area contributed by atoms with E-state index in [1.54, 1.807) is 13.8 Å². The van der Waals surface area contributed by atoms with Crippen molar-refractivity contribution in [3.63, 3.8) is 0 Å². The van der Waals surface area contributed by atoms with Gasteiger partial charge in [0.25, 0.3) is 0 Å². The Labute approximate surface area is 314 Å². The summed E-state index contributed by atoms with van der Waals surface area (Å²) in [7, 11) is 0. The lowest BCUT2D eigenvalue weighted by atomic mass is 10.0. The Kier molecular flexibility index (Phi) is 9.18. The zero-order valence-electron chi connectivity index (χ0n) is 30.5. The molecule has 0 atom stereocenters. The molecule has 0 spiro atoms. The maximum absolute atomic E-state index is 12.0.